The van der Waals surface area contributed by atoms with Gasteiger partial charge in [-0.05, 0) is 69.7 Å². The summed E-state index contributed by atoms with van der Waals surface area (Å²) >= 11 is 0. The number of anilines is 3. The van der Waals surface area contributed by atoms with E-state index in [1.807, 2.05) is 0 Å². The highest BCUT2D eigenvalue weighted by Gasteiger charge is 2.29. The van der Waals surface area contributed by atoms with Crippen LogP contribution in [0.15, 0.2) is 48.5 Å². The van der Waals surface area contributed by atoms with E-state index in [1.54, 1.807) is 45.0 Å². The van der Waals surface area contributed by atoms with Gasteiger partial charge in [0.2, 0.25) is 20.0 Å². The van der Waals surface area contributed by atoms with Gasteiger partial charge in [-0.2, -0.15) is 0 Å². The summed E-state index contributed by atoms with van der Waals surface area (Å²) in [5.74, 6) is -0.267. The Kier molecular flexibility index (Phi) is 5.83. The molecule has 3 rings (SSSR count). The Bertz CT molecular complexity index is 1150. The van der Waals surface area contributed by atoms with Crippen molar-refractivity contribution in [3.63, 3.8) is 0 Å². The minimum absolute atomic E-state index is 0.120. The van der Waals surface area contributed by atoms with Crippen molar-refractivity contribution in [3.8, 4) is 0 Å². The summed E-state index contributed by atoms with van der Waals surface area (Å²) in [5, 5.41) is 2.74. The highest BCUT2D eigenvalue weighted by molar-refractivity contribution is 7.94. The maximum absolute atomic E-state index is 12.5. The lowest BCUT2D eigenvalue weighted by atomic mass is 10.2. The summed E-state index contributed by atoms with van der Waals surface area (Å²) in [6.45, 7) is 5.21. The van der Waals surface area contributed by atoms with Gasteiger partial charge < -0.3 is 5.32 Å². The summed E-state index contributed by atoms with van der Waals surface area (Å²) in [4.78, 5) is 12.5. The number of hydrogen-bond acceptors (Lipinski definition) is 5. The Labute approximate surface area is 177 Å². The van der Waals surface area contributed by atoms with Crippen LogP contribution in [0.3, 0.4) is 0 Å². The molecule has 0 bridgehead atoms. The third-order valence-corrected chi connectivity index (χ3v) is 8.68. The largest absolute Gasteiger partial charge is 0.322 e. The van der Waals surface area contributed by atoms with Gasteiger partial charge in [-0.15, -0.1) is 0 Å². The van der Waals surface area contributed by atoms with Crippen molar-refractivity contribution in [1.82, 2.24) is 0 Å². The van der Waals surface area contributed by atoms with Crippen LogP contribution in [0.1, 0.15) is 37.6 Å². The first-order valence-electron chi connectivity index (χ1n) is 9.43. The molecule has 1 heterocycles. The maximum atomic E-state index is 12.5. The molecule has 0 saturated carbocycles. The van der Waals surface area contributed by atoms with E-state index >= 15 is 0 Å². The normalized spacial score (nSPS) is 16.3. The van der Waals surface area contributed by atoms with Gasteiger partial charge >= 0.3 is 0 Å². The molecule has 0 atom stereocenters. The van der Waals surface area contributed by atoms with Gasteiger partial charge in [0.1, 0.15) is 0 Å². The second-order valence-electron chi connectivity index (χ2n) is 8.04. The van der Waals surface area contributed by atoms with Gasteiger partial charge in [0.15, 0.2) is 0 Å². The van der Waals surface area contributed by atoms with Crippen LogP contribution >= 0.6 is 0 Å². The highest BCUT2D eigenvalue weighted by atomic mass is 32.2. The molecule has 2 N–H and O–H groups in total. The molecule has 0 spiro atoms. The van der Waals surface area contributed by atoms with Crippen molar-refractivity contribution < 1.29 is 21.6 Å². The first-order chi connectivity index (χ1) is 13.9. The molecule has 0 aliphatic carbocycles. The summed E-state index contributed by atoms with van der Waals surface area (Å²) < 4.78 is 51.5. The number of sulfonamides is 2. The van der Waals surface area contributed by atoms with E-state index in [1.165, 1.54) is 28.6 Å². The number of nitrogens with zero attached hydrogens (tertiary/aromatic N) is 1. The zero-order valence-corrected chi connectivity index (χ0v) is 18.7. The zero-order chi connectivity index (χ0) is 22.2. The van der Waals surface area contributed by atoms with E-state index in [0.717, 1.165) is 0 Å². The first-order valence-corrected chi connectivity index (χ1v) is 12.5. The zero-order valence-electron chi connectivity index (χ0n) is 17.0. The summed E-state index contributed by atoms with van der Waals surface area (Å²) in [7, 11) is -6.86. The minimum Gasteiger partial charge on any atom is -0.322 e. The Morgan fingerprint density at radius 2 is 1.70 bits per heavy atom. The fourth-order valence-corrected chi connectivity index (χ4v) is 5.18. The van der Waals surface area contributed by atoms with Crippen molar-refractivity contribution in [2.45, 2.75) is 31.9 Å². The van der Waals surface area contributed by atoms with Crippen LogP contribution in [-0.2, 0) is 20.0 Å². The SMILES string of the molecule is CC(C)(C)S(=O)(=O)Nc1ccc(C(=O)Nc2cccc(N3CCCS3(=O)=O)c2)cc1. The molecular weight excluding hydrogens is 426 g/mol. The lowest BCUT2D eigenvalue weighted by Gasteiger charge is -2.20. The van der Waals surface area contributed by atoms with Gasteiger partial charge in [-0.25, -0.2) is 16.8 Å². The molecular formula is C20H25N3O5S2. The van der Waals surface area contributed by atoms with Gasteiger partial charge in [0.25, 0.3) is 5.91 Å². The van der Waals surface area contributed by atoms with Gasteiger partial charge in [-0.3, -0.25) is 13.8 Å². The average Bonchev–Trinajstić information content (AvgIpc) is 3.00. The van der Waals surface area contributed by atoms with Crippen molar-refractivity contribution >= 4 is 43.0 Å². The second-order valence-corrected chi connectivity index (χ2v) is 12.5. The van der Waals surface area contributed by atoms with E-state index < -0.39 is 24.8 Å². The van der Waals surface area contributed by atoms with E-state index in [0.29, 0.717) is 35.6 Å². The highest BCUT2D eigenvalue weighted by Crippen LogP contribution is 2.27. The van der Waals surface area contributed by atoms with Crippen LogP contribution in [0.4, 0.5) is 17.1 Å². The van der Waals surface area contributed by atoms with E-state index in [4.69, 9.17) is 0 Å². The lowest BCUT2D eigenvalue weighted by molar-refractivity contribution is 0.102. The topological polar surface area (TPSA) is 113 Å². The third kappa shape index (κ3) is 4.76. The molecule has 8 nitrogen and oxygen atoms in total. The number of hydrogen-bond donors (Lipinski definition) is 2. The quantitative estimate of drug-likeness (QED) is 0.726. The van der Waals surface area contributed by atoms with Crippen LogP contribution in [0, 0.1) is 0 Å². The lowest BCUT2D eigenvalue weighted by Crippen LogP contribution is -2.33. The number of nitrogens with one attached hydrogen (secondary N) is 2. The predicted octanol–water partition coefficient (Wildman–Crippen LogP) is 3.02. The molecule has 2 aromatic rings. The minimum atomic E-state index is -3.56. The molecule has 1 aliphatic heterocycles. The first kappa shape index (κ1) is 22.1. The van der Waals surface area contributed by atoms with Crippen molar-refractivity contribution in [2.75, 3.05) is 26.6 Å². The van der Waals surface area contributed by atoms with Gasteiger partial charge in [0.05, 0.1) is 16.2 Å². The molecule has 1 amide bonds. The van der Waals surface area contributed by atoms with Crippen molar-refractivity contribution in [1.29, 1.82) is 0 Å². The number of benzene rings is 2. The summed E-state index contributed by atoms with van der Waals surface area (Å²) in [6.07, 6.45) is 0.574. The standard InChI is InChI=1S/C20H25N3O5S2/c1-20(2,3)30(27,28)22-16-10-8-15(9-11-16)19(24)21-17-6-4-7-18(14-17)23-12-5-13-29(23,25)26/h4,6-11,14,22H,5,12-13H2,1-3H3,(H,21,24). The third-order valence-electron chi connectivity index (χ3n) is 4.70. The van der Waals surface area contributed by atoms with Crippen LogP contribution in [0.25, 0.3) is 0 Å². The van der Waals surface area contributed by atoms with Crippen LogP contribution in [0.2, 0.25) is 0 Å². The molecule has 30 heavy (non-hydrogen) atoms. The Morgan fingerprint density at radius 1 is 1.03 bits per heavy atom. The number of carbonyl (C=O) groups excluding carboxylic acids is 1. The van der Waals surface area contributed by atoms with Crippen LogP contribution < -0.4 is 14.3 Å². The van der Waals surface area contributed by atoms with Crippen LogP contribution in [0.5, 0.6) is 0 Å². The molecule has 1 fully saturated rings. The van der Waals surface area contributed by atoms with Crippen molar-refractivity contribution in [2.24, 2.45) is 0 Å². The smallest absolute Gasteiger partial charge is 0.255 e. The molecule has 0 radical (unpaired) electrons. The average molecular weight is 452 g/mol. The van der Waals surface area contributed by atoms with Gasteiger partial charge in [-0.1, -0.05) is 6.07 Å². The Morgan fingerprint density at radius 3 is 2.27 bits per heavy atom. The summed E-state index contributed by atoms with van der Waals surface area (Å²) in [5.41, 5.74) is 1.69. The molecule has 0 unspecified atom stereocenters. The van der Waals surface area contributed by atoms with E-state index in [9.17, 15) is 21.6 Å². The molecule has 1 saturated heterocycles. The molecule has 2 aromatic carbocycles. The second kappa shape index (κ2) is 7.92. The van der Waals surface area contributed by atoms with Gasteiger partial charge in [0, 0.05) is 23.5 Å². The van der Waals surface area contributed by atoms with E-state index in [2.05, 4.69) is 10.0 Å². The number of amides is 1. The number of rotatable bonds is 5. The molecule has 1 aliphatic rings. The van der Waals surface area contributed by atoms with E-state index in [-0.39, 0.29) is 11.7 Å². The van der Waals surface area contributed by atoms with Crippen LogP contribution in [-0.4, -0.2) is 39.8 Å². The Hall–Kier alpha value is -2.59. The Balaban J connectivity index is 1.72. The van der Waals surface area contributed by atoms with Crippen molar-refractivity contribution in [3.05, 3.63) is 54.1 Å². The summed E-state index contributed by atoms with van der Waals surface area (Å²) in [6, 6.07) is 12.7. The fourth-order valence-electron chi connectivity index (χ4n) is 2.87. The maximum Gasteiger partial charge on any atom is 0.255 e. The molecule has 10 heteroatoms. The predicted molar refractivity (Wildman–Crippen MR) is 119 cm³/mol. The monoisotopic (exact) mass is 451 g/mol. The number of carbonyl (C=O) groups is 1. The molecule has 0 aromatic heterocycles. The molecule has 162 valence electrons. The fraction of sp³-hybridized carbons (Fsp3) is 0.350.